The predicted octanol–water partition coefficient (Wildman–Crippen LogP) is 7.04. The van der Waals surface area contributed by atoms with Crippen LogP contribution in [0.25, 0.3) is 22.1 Å². The zero-order valence-electron chi connectivity index (χ0n) is 21.2. The molecule has 0 aliphatic carbocycles. The number of nitrogens with two attached hydrogens (primary N) is 1. The Morgan fingerprint density at radius 2 is 1.66 bits per heavy atom. The van der Waals surface area contributed by atoms with Gasteiger partial charge in [0.05, 0.1) is 19.3 Å². The molecule has 6 heteroatoms. The molecule has 0 amide bonds. The molecule has 0 fully saturated rings. The number of rotatable bonds is 10. The van der Waals surface area contributed by atoms with E-state index in [1.54, 1.807) is 13.2 Å². The van der Waals surface area contributed by atoms with E-state index in [0.29, 0.717) is 36.0 Å². The number of carbonyl (C=O) groups excluding carboxylic acids is 1. The SMILES string of the molecule is CCOC(=O)Cc1ccccc1OCc1coc2c(Oc3ccccc3)cc(-c3cccc(CN)c3)cc12. The van der Waals surface area contributed by atoms with Crippen molar-refractivity contribution in [3.8, 4) is 28.4 Å². The van der Waals surface area contributed by atoms with Crippen molar-refractivity contribution in [1.29, 1.82) is 0 Å². The van der Waals surface area contributed by atoms with Crippen LogP contribution in [-0.2, 0) is 29.1 Å². The molecule has 0 aliphatic rings. The molecule has 0 atom stereocenters. The number of furan rings is 1. The van der Waals surface area contributed by atoms with Crippen LogP contribution in [0.1, 0.15) is 23.6 Å². The normalized spacial score (nSPS) is 10.9. The van der Waals surface area contributed by atoms with Crippen LogP contribution >= 0.6 is 0 Å². The molecule has 0 spiro atoms. The molecule has 2 N–H and O–H groups in total. The van der Waals surface area contributed by atoms with Crippen molar-refractivity contribution in [3.05, 3.63) is 114 Å². The quantitative estimate of drug-likeness (QED) is 0.204. The lowest BCUT2D eigenvalue weighted by Crippen LogP contribution is -2.09. The molecule has 0 radical (unpaired) electrons. The smallest absolute Gasteiger partial charge is 0.310 e. The van der Waals surface area contributed by atoms with Gasteiger partial charge in [-0.25, -0.2) is 0 Å². The summed E-state index contributed by atoms with van der Waals surface area (Å²) >= 11 is 0. The van der Waals surface area contributed by atoms with Gasteiger partial charge in [-0.1, -0.05) is 54.6 Å². The van der Waals surface area contributed by atoms with E-state index < -0.39 is 0 Å². The Morgan fingerprint density at radius 3 is 2.47 bits per heavy atom. The summed E-state index contributed by atoms with van der Waals surface area (Å²) in [7, 11) is 0. The van der Waals surface area contributed by atoms with Crippen LogP contribution in [0.5, 0.6) is 17.2 Å². The second-order valence-corrected chi connectivity index (χ2v) is 8.81. The summed E-state index contributed by atoms with van der Waals surface area (Å²) in [6.07, 6.45) is 1.84. The van der Waals surface area contributed by atoms with Gasteiger partial charge in [0.15, 0.2) is 11.3 Å². The number of hydrogen-bond donors (Lipinski definition) is 1. The second kappa shape index (κ2) is 11.7. The summed E-state index contributed by atoms with van der Waals surface area (Å²) in [6, 6.07) is 29.3. The molecule has 0 saturated heterocycles. The first-order valence-corrected chi connectivity index (χ1v) is 12.6. The number of carbonyl (C=O) groups is 1. The van der Waals surface area contributed by atoms with Crippen molar-refractivity contribution in [1.82, 2.24) is 0 Å². The fourth-order valence-corrected chi connectivity index (χ4v) is 4.32. The molecular weight excluding hydrogens is 478 g/mol. The molecule has 0 unspecified atom stereocenters. The molecule has 38 heavy (non-hydrogen) atoms. The first kappa shape index (κ1) is 25.1. The van der Waals surface area contributed by atoms with E-state index in [4.69, 9.17) is 24.4 Å². The van der Waals surface area contributed by atoms with Gasteiger partial charge in [-0.3, -0.25) is 4.79 Å². The second-order valence-electron chi connectivity index (χ2n) is 8.81. The van der Waals surface area contributed by atoms with Crippen molar-refractivity contribution in [2.45, 2.75) is 26.5 Å². The van der Waals surface area contributed by atoms with Gasteiger partial charge >= 0.3 is 5.97 Å². The third-order valence-corrected chi connectivity index (χ3v) is 6.18. The lowest BCUT2D eigenvalue weighted by atomic mass is 10.00. The third kappa shape index (κ3) is 5.71. The zero-order valence-corrected chi connectivity index (χ0v) is 21.2. The van der Waals surface area contributed by atoms with E-state index in [1.165, 1.54) is 0 Å². The van der Waals surface area contributed by atoms with Crippen molar-refractivity contribution >= 4 is 16.9 Å². The first-order valence-electron chi connectivity index (χ1n) is 12.6. The molecule has 0 bridgehead atoms. The fourth-order valence-electron chi connectivity index (χ4n) is 4.32. The van der Waals surface area contributed by atoms with Gasteiger partial charge in [0, 0.05) is 23.1 Å². The summed E-state index contributed by atoms with van der Waals surface area (Å²) in [5.74, 6) is 1.66. The Balaban J connectivity index is 1.50. The van der Waals surface area contributed by atoms with Gasteiger partial charge in [0.25, 0.3) is 0 Å². The van der Waals surface area contributed by atoms with E-state index in [-0.39, 0.29) is 19.0 Å². The van der Waals surface area contributed by atoms with E-state index in [1.807, 2.05) is 72.8 Å². The maximum absolute atomic E-state index is 12.1. The predicted molar refractivity (Wildman–Crippen MR) is 147 cm³/mol. The van der Waals surface area contributed by atoms with Gasteiger partial charge in [0.1, 0.15) is 18.1 Å². The number of fused-ring (bicyclic) bond motifs is 1. The van der Waals surface area contributed by atoms with Crippen LogP contribution in [0, 0.1) is 0 Å². The van der Waals surface area contributed by atoms with Crippen LogP contribution in [0.4, 0.5) is 0 Å². The van der Waals surface area contributed by atoms with E-state index in [9.17, 15) is 4.79 Å². The molecule has 1 aromatic heterocycles. The maximum Gasteiger partial charge on any atom is 0.310 e. The molecule has 1 heterocycles. The van der Waals surface area contributed by atoms with Crippen LogP contribution < -0.4 is 15.2 Å². The van der Waals surface area contributed by atoms with Crippen molar-refractivity contribution < 1.29 is 23.4 Å². The molecule has 192 valence electrons. The minimum Gasteiger partial charge on any atom is -0.488 e. The molecule has 5 rings (SSSR count). The Kier molecular flexibility index (Phi) is 7.71. The van der Waals surface area contributed by atoms with Crippen LogP contribution in [-0.4, -0.2) is 12.6 Å². The maximum atomic E-state index is 12.1. The Labute approximate surface area is 221 Å². The summed E-state index contributed by atoms with van der Waals surface area (Å²) in [4.78, 5) is 12.1. The number of esters is 1. The van der Waals surface area contributed by atoms with Crippen molar-refractivity contribution in [3.63, 3.8) is 0 Å². The third-order valence-electron chi connectivity index (χ3n) is 6.18. The van der Waals surface area contributed by atoms with E-state index >= 15 is 0 Å². The monoisotopic (exact) mass is 507 g/mol. The van der Waals surface area contributed by atoms with Crippen LogP contribution in [0.2, 0.25) is 0 Å². The Bertz CT molecular complexity index is 1540. The summed E-state index contributed by atoms with van der Waals surface area (Å²) in [5.41, 5.74) is 11.2. The van der Waals surface area contributed by atoms with Gasteiger partial charge in [-0.2, -0.15) is 0 Å². The number of hydrogen-bond acceptors (Lipinski definition) is 6. The molecular formula is C32H29NO5. The lowest BCUT2D eigenvalue weighted by molar-refractivity contribution is -0.142. The van der Waals surface area contributed by atoms with Crippen molar-refractivity contribution in [2.24, 2.45) is 5.73 Å². The highest BCUT2D eigenvalue weighted by molar-refractivity contribution is 5.91. The molecule has 5 aromatic rings. The average Bonchev–Trinajstić information content (AvgIpc) is 3.36. The van der Waals surface area contributed by atoms with Crippen LogP contribution in [0.3, 0.4) is 0 Å². The summed E-state index contributed by atoms with van der Waals surface area (Å²) < 4.78 is 23.6. The topological polar surface area (TPSA) is 83.9 Å². The number of benzene rings is 4. The van der Waals surface area contributed by atoms with Crippen LogP contribution in [0.15, 0.2) is 102 Å². The zero-order chi connectivity index (χ0) is 26.3. The highest BCUT2D eigenvalue weighted by Gasteiger charge is 2.17. The molecule has 0 aliphatic heterocycles. The highest BCUT2D eigenvalue weighted by atomic mass is 16.5. The Morgan fingerprint density at radius 1 is 0.842 bits per heavy atom. The van der Waals surface area contributed by atoms with Gasteiger partial charge in [-0.15, -0.1) is 0 Å². The summed E-state index contributed by atoms with van der Waals surface area (Å²) in [6.45, 7) is 2.84. The standard InChI is InChI=1S/C32H29NO5/c1-2-35-31(34)18-24-10-6-7-14-29(24)36-20-26-21-37-32-28(26)16-25(23-11-8-9-22(15-23)19-33)17-30(32)38-27-12-4-3-5-13-27/h3-17,21H,2,18-20,33H2,1H3. The molecule has 0 saturated carbocycles. The van der Waals surface area contributed by atoms with E-state index in [0.717, 1.165) is 33.2 Å². The number of ether oxygens (including phenoxy) is 3. The van der Waals surface area contributed by atoms with Gasteiger partial charge in [0.2, 0.25) is 0 Å². The largest absolute Gasteiger partial charge is 0.488 e. The minimum atomic E-state index is -0.288. The first-order chi connectivity index (χ1) is 18.6. The fraction of sp³-hybridized carbons (Fsp3) is 0.156. The lowest BCUT2D eigenvalue weighted by Gasteiger charge is -2.12. The molecule has 6 nitrogen and oxygen atoms in total. The average molecular weight is 508 g/mol. The minimum absolute atomic E-state index is 0.146. The van der Waals surface area contributed by atoms with Gasteiger partial charge < -0.3 is 24.4 Å². The molecule has 4 aromatic carbocycles. The Hall–Kier alpha value is -4.55. The van der Waals surface area contributed by atoms with Gasteiger partial charge in [-0.05, 0) is 60.0 Å². The summed E-state index contributed by atoms with van der Waals surface area (Å²) in [5, 5.41) is 0.884. The van der Waals surface area contributed by atoms with Crippen molar-refractivity contribution in [2.75, 3.05) is 6.61 Å². The highest BCUT2D eigenvalue weighted by Crippen LogP contribution is 2.38. The van der Waals surface area contributed by atoms with E-state index in [2.05, 4.69) is 18.2 Å². The number of para-hydroxylation sites is 2.